The number of thioether (sulfide) groups is 1. The summed E-state index contributed by atoms with van der Waals surface area (Å²) in [7, 11) is -2.22. The third kappa shape index (κ3) is 8.89. The van der Waals surface area contributed by atoms with E-state index in [4.69, 9.17) is 23.2 Å². The highest BCUT2D eigenvalue weighted by Gasteiger charge is 2.53. The van der Waals surface area contributed by atoms with E-state index < -0.39 is 50.9 Å². The number of imidazole rings is 1. The zero-order chi connectivity index (χ0) is 42.0. The van der Waals surface area contributed by atoms with Crippen molar-refractivity contribution in [1.29, 1.82) is 0 Å². The average molecular weight is 850 g/mol. The summed E-state index contributed by atoms with van der Waals surface area (Å²) in [5.74, 6) is 0.649. The molecule has 1 saturated heterocycles. The number of benzene rings is 3. The van der Waals surface area contributed by atoms with Gasteiger partial charge in [0.2, 0.25) is 11.9 Å². The van der Waals surface area contributed by atoms with Gasteiger partial charge in [-0.05, 0) is 59.1 Å². The van der Waals surface area contributed by atoms with Gasteiger partial charge in [-0.3, -0.25) is 24.5 Å². The van der Waals surface area contributed by atoms with Gasteiger partial charge in [-0.2, -0.15) is 4.98 Å². The Labute approximate surface area is 344 Å². The highest BCUT2D eigenvalue weighted by molar-refractivity contribution is 8.00. The highest BCUT2D eigenvalue weighted by atomic mass is 32.2. The van der Waals surface area contributed by atoms with Gasteiger partial charge < -0.3 is 32.9 Å². The Kier molecular flexibility index (Phi) is 13.2. The van der Waals surface area contributed by atoms with E-state index in [1.54, 1.807) is 32.6 Å². The molecule has 1 aliphatic heterocycles. The lowest BCUT2D eigenvalue weighted by Gasteiger charge is -2.42. The number of nitrogens with one attached hydrogen (secondary N) is 2. The van der Waals surface area contributed by atoms with E-state index in [0.717, 1.165) is 16.7 Å². The van der Waals surface area contributed by atoms with Crippen molar-refractivity contribution >= 4 is 51.7 Å². The van der Waals surface area contributed by atoms with Crippen molar-refractivity contribution in [3.05, 3.63) is 112 Å². The first-order valence-corrected chi connectivity index (χ1v) is 23.9. The smallest absolute Gasteiger partial charge is 0.327 e. The SMILES string of the molecule is COc1ccc(C(OC[C@H]2S[C@@H](n3cnc4c(=O)[nH]c(NC(=O)C(C)C)nc43)[C@H](OP(O)O)[C@@H]2O[Si](C)(C)C(C)(C)C)(c2ccccc2)c2ccc(OC)cc2)cc1. The number of nitrogens with zero attached hydrogens (tertiary/aromatic N) is 3. The topological polar surface area (TPSA) is 179 Å². The number of hydrogen-bond acceptors (Lipinski definition) is 12. The molecule has 17 heteroatoms. The largest absolute Gasteiger partial charge is 0.497 e. The molecule has 0 aliphatic carbocycles. The highest BCUT2D eigenvalue weighted by Crippen LogP contribution is 2.53. The van der Waals surface area contributed by atoms with Gasteiger partial charge in [0, 0.05) is 5.92 Å². The molecule has 6 rings (SSSR count). The van der Waals surface area contributed by atoms with Gasteiger partial charge in [0.25, 0.3) is 5.56 Å². The Balaban J connectivity index is 1.50. The standard InChI is InChI=1S/C41H52N5O9PSSi/c1-25(2)36(47)44-39-43-35-32(37(48)45-39)42-24-46(35)38-34(54-56(49)50)33(55-58(8,9)40(3,4)5)31(57-38)23-53-41(26-13-11-10-12-14-26,27-15-19-29(51-6)20-16-27)28-17-21-30(52-7)22-18-28/h10-22,24-25,31,33-34,38,49-50H,23H2,1-9H3,(H2,43,44,45,47,48)/t31-,33-,34-,38-/m1/s1. The summed E-state index contributed by atoms with van der Waals surface area (Å²) >= 11 is 1.44. The Bertz CT molecular complexity index is 2180. The van der Waals surface area contributed by atoms with Crippen LogP contribution in [0, 0.1) is 5.92 Å². The number of fused-ring (bicyclic) bond motifs is 1. The predicted octanol–water partition coefficient (Wildman–Crippen LogP) is 7.34. The third-order valence-corrected chi connectivity index (χ3v) is 17.3. The molecule has 58 heavy (non-hydrogen) atoms. The molecule has 310 valence electrons. The zero-order valence-corrected chi connectivity index (χ0v) is 36.8. The van der Waals surface area contributed by atoms with Gasteiger partial charge in [-0.1, -0.05) is 89.2 Å². The minimum Gasteiger partial charge on any atom is -0.497 e. The molecule has 14 nitrogen and oxygen atoms in total. The molecule has 3 aromatic carbocycles. The molecular formula is C41H52N5O9PSSi. The summed E-state index contributed by atoms with van der Waals surface area (Å²) in [5, 5.41) is 1.24. The number of carbonyl (C=O) groups excluding carboxylic acids is 1. The lowest BCUT2D eigenvalue weighted by Crippen LogP contribution is -2.50. The number of methoxy groups -OCH3 is 2. The fourth-order valence-electron chi connectivity index (χ4n) is 6.66. The van der Waals surface area contributed by atoms with Crippen molar-refractivity contribution < 1.29 is 37.7 Å². The fraction of sp³-hybridized carbons (Fsp3) is 0.415. The first-order chi connectivity index (χ1) is 27.5. The minimum absolute atomic E-state index is 0.0365. The minimum atomic E-state index is -2.88. The van der Waals surface area contributed by atoms with E-state index in [1.165, 1.54) is 18.1 Å². The van der Waals surface area contributed by atoms with Gasteiger partial charge in [0.1, 0.15) is 28.6 Å². The molecule has 0 spiro atoms. The normalized spacial score (nSPS) is 18.9. The summed E-state index contributed by atoms with van der Waals surface area (Å²) in [4.78, 5) is 58.5. The van der Waals surface area contributed by atoms with Crippen LogP contribution >= 0.6 is 20.4 Å². The molecule has 2 aromatic heterocycles. The second-order valence-corrected chi connectivity index (χ2v) is 22.8. The number of ether oxygens (including phenoxy) is 3. The van der Waals surface area contributed by atoms with E-state index in [2.05, 4.69) is 54.1 Å². The molecular weight excluding hydrogens is 798 g/mol. The molecule has 1 amide bonds. The third-order valence-electron chi connectivity index (χ3n) is 10.8. The van der Waals surface area contributed by atoms with Gasteiger partial charge in [-0.15, -0.1) is 11.8 Å². The summed E-state index contributed by atoms with van der Waals surface area (Å²) in [5.41, 5.74) is 1.07. The average Bonchev–Trinajstić information content (AvgIpc) is 3.76. The van der Waals surface area contributed by atoms with Crippen LogP contribution in [0.4, 0.5) is 5.95 Å². The number of H-pyrrole nitrogens is 1. The molecule has 4 atom stereocenters. The fourth-order valence-corrected chi connectivity index (χ4v) is 10.1. The van der Waals surface area contributed by atoms with Crippen molar-refractivity contribution in [3.63, 3.8) is 0 Å². The molecule has 4 N–H and O–H groups in total. The Hall–Kier alpha value is -4.12. The van der Waals surface area contributed by atoms with Gasteiger partial charge >= 0.3 is 8.60 Å². The Morgan fingerprint density at radius 2 is 1.50 bits per heavy atom. The van der Waals surface area contributed by atoms with Crippen LogP contribution in [0.5, 0.6) is 11.5 Å². The molecule has 1 aliphatic rings. The van der Waals surface area contributed by atoms with Crippen LogP contribution in [0.25, 0.3) is 11.2 Å². The van der Waals surface area contributed by atoms with E-state index in [0.29, 0.717) is 11.5 Å². The molecule has 0 radical (unpaired) electrons. The maximum atomic E-state index is 13.3. The first-order valence-electron chi connectivity index (χ1n) is 18.9. The number of anilines is 1. The second kappa shape index (κ2) is 17.6. The zero-order valence-electron chi connectivity index (χ0n) is 34.1. The number of amides is 1. The van der Waals surface area contributed by atoms with Crippen molar-refractivity contribution in [2.24, 2.45) is 5.92 Å². The van der Waals surface area contributed by atoms with Crippen molar-refractivity contribution in [2.45, 2.75) is 81.2 Å². The second-order valence-electron chi connectivity index (χ2n) is 15.9. The number of carbonyl (C=O) groups is 1. The number of aromatic amines is 1. The molecule has 5 aromatic rings. The first kappa shape index (κ1) is 43.5. The predicted molar refractivity (Wildman–Crippen MR) is 229 cm³/mol. The molecule has 0 unspecified atom stereocenters. The Morgan fingerprint density at radius 3 is 2.02 bits per heavy atom. The van der Waals surface area contributed by atoms with E-state index in [-0.39, 0.29) is 40.6 Å². The number of aromatic nitrogens is 4. The van der Waals surface area contributed by atoms with Crippen molar-refractivity contribution in [2.75, 3.05) is 26.1 Å². The van der Waals surface area contributed by atoms with E-state index in [1.807, 2.05) is 78.9 Å². The molecule has 3 heterocycles. The van der Waals surface area contributed by atoms with Gasteiger partial charge in [0.15, 0.2) is 19.5 Å². The van der Waals surface area contributed by atoms with E-state index in [9.17, 15) is 19.4 Å². The van der Waals surface area contributed by atoms with Crippen LogP contribution in [-0.4, -0.2) is 81.8 Å². The monoisotopic (exact) mass is 849 g/mol. The van der Waals surface area contributed by atoms with Crippen LogP contribution in [0.3, 0.4) is 0 Å². The lowest BCUT2D eigenvalue weighted by atomic mass is 9.80. The Morgan fingerprint density at radius 1 is 0.931 bits per heavy atom. The number of rotatable bonds is 15. The summed E-state index contributed by atoms with van der Waals surface area (Å²) in [6.45, 7) is 14.2. The van der Waals surface area contributed by atoms with Gasteiger partial charge in [-0.25, -0.2) is 4.98 Å². The quantitative estimate of drug-likeness (QED) is 0.0469. The van der Waals surface area contributed by atoms with Crippen LogP contribution in [-0.2, 0) is 24.1 Å². The summed E-state index contributed by atoms with van der Waals surface area (Å²) in [6.07, 6.45) is -0.226. The molecule has 0 bridgehead atoms. The molecule has 0 saturated carbocycles. The van der Waals surface area contributed by atoms with Crippen LogP contribution < -0.4 is 20.3 Å². The van der Waals surface area contributed by atoms with Crippen LogP contribution in [0.1, 0.15) is 56.7 Å². The maximum Gasteiger partial charge on any atom is 0.327 e. The van der Waals surface area contributed by atoms with E-state index >= 15 is 0 Å². The van der Waals surface area contributed by atoms with Crippen LogP contribution in [0.15, 0.2) is 90.0 Å². The van der Waals surface area contributed by atoms with Gasteiger partial charge in [0.05, 0.1) is 38.5 Å². The lowest BCUT2D eigenvalue weighted by molar-refractivity contribution is -0.118. The molecule has 1 fully saturated rings. The number of hydrogen-bond donors (Lipinski definition) is 4. The summed E-state index contributed by atoms with van der Waals surface area (Å²) in [6, 6.07) is 25.5. The summed E-state index contributed by atoms with van der Waals surface area (Å²) < 4.78 is 33.3. The van der Waals surface area contributed by atoms with Crippen molar-refractivity contribution in [1.82, 2.24) is 19.5 Å². The van der Waals surface area contributed by atoms with Crippen molar-refractivity contribution in [3.8, 4) is 11.5 Å². The van der Waals surface area contributed by atoms with Crippen LogP contribution in [0.2, 0.25) is 18.1 Å². The maximum absolute atomic E-state index is 13.3.